The van der Waals surface area contributed by atoms with Gasteiger partial charge in [0, 0.05) is 9.75 Å². The Balaban J connectivity index is 2.23. The first-order valence-corrected chi connectivity index (χ1v) is 8.52. The summed E-state index contributed by atoms with van der Waals surface area (Å²) in [5, 5.41) is 12.7. The van der Waals surface area contributed by atoms with Crippen LogP contribution in [0.3, 0.4) is 0 Å². The number of rotatable bonds is 5. The average Bonchev–Trinajstić information content (AvgIpc) is 2.99. The van der Waals surface area contributed by atoms with Gasteiger partial charge in [-0.05, 0) is 29.8 Å². The first kappa shape index (κ1) is 13.7. The standard InChI is InChI=1S/C11H13NO3S3/c1-8(9-3-2-5-16-9)12-18(14,15)11-4-6-17-10(11)7-13/h2-6,8,12-13H,7H2,1H3. The first-order valence-electron chi connectivity index (χ1n) is 5.27. The quantitative estimate of drug-likeness (QED) is 0.891. The molecule has 7 heteroatoms. The maximum atomic E-state index is 12.2. The number of aliphatic hydroxyl groups excluding tert-OH is 1. The van der Waals surface area contributed by atoms with E-state index < -0.39 is 10.0 Å². The summed E-state index contributed by atoms with van der Waals surface area (Å²) in [7, 11) is -3.58. The highest BCUT2D eigenvalue weighted by Crippen LogP contribution is 2.25. The van der Waals surface area contributed by atoms with E-state index in [1.165, 1.54) is 28.7 Å². The molecule has 2 aromatic rings. The van der Waals surface area contributed by atoms with E-state index in [1.54, 1.807) is 12.3 Å². The van der Waals surface area contributed by atoms with Crippen molar-refractivity contribution in [1.29, 1.82) is 0 Å². The van der Waals surface area contributed by atoms with Crippen molar-refractivity contribution in [3.63, 3.8) is 0 Å². The van der Waals surface area contributed by atoms with Crippen molar-refractivity contribution in [2.24, 2.45) is 0 Å². The van der Waals surface area contributed by atoms with Gasteiger partial charge in [0.05, 0.1) is 17.5 Å². The molecule has 0 fully saturated rings. The Bertz CT molecular complexity index is 601. The molecule has 0 amide bonds. The van der Waals surface area contributed by atoms with Crippen molar-refractivity contribution in [1.82, 2.24) is 4.72 Å². The summed E-state index contributed by atoms with van der Waals surface area (Å²) in [6.07, 6.45) is 0. The summed E-state index contributed by atoms with van der Waals surface area (Å²) >= 11 is 2.74. The molecule has 1 atom stereocenters. The lowest BCUT2D eigenvalue weighted by Gasteiger charge is -2.12. The third-order valence-electron chi connectivity index (χ3n) is 2.44. The zero-order valence-corrected chi connectivity index (χ0v) is 12.1. The van der Waals surface area contributed by atoms with Crippen molar-refractivity contribution < 1.29 is 13.5 Å². The second-order valence-corrected chi connectivity index (χ2v) is 7.39. The molecule has 0 radical (unpaired) electrons. The van der Waals surface area contributed by atoms with Gasteiger partial charge < -0.3 is 5.11 Å². The fourth-order valence-corrected chi connectivity index (χ4v) is 4.90. The molecule has 18 heavy (non-hydrogen) atoms. The maximum absolute atomic E-state index is 12.2. The smallest absolute Gasteiger partial charge is 0.242 e. The van der Waals surface area contributed by atoms with E-state index in [4.69, 9.17) is 5.11 Å². The van der Waals surface area contributed by atoms with E-state index in [1.807, 2.05) is 17.5 Å². The molecule has 2 aromatic heterocycles. The summed E-state index contributed by atoms with van der Waals surface area (Å²) in [6, 6.07) is 5.01. The van der Waals surface area contributed by atoms with Crippen LogP contribution in [0, 0.1) is 0 Å². The largest absolute Gasteiger partial charge is 0.391 e. The van der Waals surface area contributed by atoms with E-state index in [2.05, 4.69) is 4.72 Å². The van der Waals surface area contributed by atoms with E-state index in [0.717, 1.165) is 4.88 Å². The minimum absolute atomic E-state index is 0.165. The van der Waals surface area contributed by atoms with E-state index >= 15 is 0 Å². The molecular formula is C11H13NO3S3. The maximum Gasteiger partial charge on any atom is 0.242 e. The van der Waals surface area contributed by atoms with Gasteiger partial charge in [0.2, 0.25) is 10.0 Å². The Labute approximate surface area is 114 Å². The fourth-order valence-electron chi connectivity index (χ4n) is 1.58. The SMILES string of the molecule is CC(NS(=O)(=O)c1ccsc1CO)c1cccs1. The van der Waals surface area contributed by atoms with Crippen molar-refractivity contribution in [2.75, 3.05) is 0 Å². The second-order valence-electron chi connectivity index (χ2n) is 3.72. The van der Waals surface area contributed by atoms with E-state index in [-0.39, 0.29) is 17.5 Å². The summed E-state index contributed by atoms with van der Waals surface area (Å²) < 4.78 is 26.9. The van der Waals surface area contributed by atoms with Crippen molar-refractivity contribution >= 4 is 32.7 Å². The van der Waals surface area contributed by atoms with Crippen molar-refractivity contribution in [3.05, 3.63) is 38.7 Å². The van der Waals surface area contributed by atoms with Gasteiger partial charge in [-0.2, -0.15) is 0 Å². The molecule has 0 aliphatic carbocycles. The van der Waals surface area contributed by atoms with Gasteiger partial charge in [0.1, 0.15) is 0 Å². The molecule has 0 aliphatic heterocycles. The Morgan fingerprint density at radius 1 is 1.33 bits per heavy atom. The van der Waals surface area contributed by atoms with Gasteiger partial charge in [-0.25, -0.2) is 13.1 Å². The predicted octanol–water partition coefficient (Wildman–Crippen LogP) is 2.34. The normalized spacial score (nSPS) is 13.7. The number of hydrogen-bond acceptors (Lipinski definition) is 5. The predicted molar refractivity (Wildman–Crippen MR) is 73.3 cm³/mol. The van der Waals surface area contributed by atoms with Crippen LogP contribution in [0.5, 0.6) is 0 Å². The zero-order chi connectivity index (χ0) is 13.2. The van der Waals surface area contributed by atoms with Crippen LogP contribution in [0.15, 0.2) is 33.9 Å². The Hall–Kier alpha value is -0.730. The number of hydrogen-bond donors (Lipinski definition) is 2. The summed E-state index contributed by atoms with van der Waals surface area (Å²) in [5.41, 5.74) is 0. The van der Waals surface area contributed by atoms with E-state index in [9.17, 15) is 8.42 Å². The van der Waals surface area contributed by atoms with Crippen LogP contribution in [0.2, 0.25) is 0 Å². The molecule has 98 valence electrons. The second kappa shape index (κ2) is 5.50. The van der Waals surface area contributed by atoms with Gasteiger partial charge in [-0.15, -0.1) is 22.7 Å². The van der Waals surface area contributed by atoms with Gasteiger partial charge in [0.25, 0.3) is 0 Å². The molecule has 4 nitrogen and oxygen atoms in total. The summed E-state index contributed by atoms with van der Waals surface area (Å²) in [6.45, 7) is 1.54. The number of aliphatic hydroxyl groups is 1. The summed E-state index contributed by atoms with van der Waals surface area (Å²) in [4.78, 5) is 1.58. The molecule has 0 aliphatic rings. The van der Waals surface area contributed by atoms with Gasteiger partial charge in [0.15, 0.2) is 0 Å². The third-order valence-corrected chi connectivity index (χ3v) is 6.15. The van der Waals surface area contributed by atoms with Gasteiger partial charge >= 0.3 is 0 Å². The van der Waals surface area contributed by atoms with Gasteiger partial charge in [-0.1, -0.05) is 6.07 Å². The minimum Gasteiger partial charge on any atom is -0.391 e. The van der Waals surface area contributed by atoms with Crippen LogP contribution in [0.1, 0.15) is 22.7 Å². The Kier molecular flexibility index (Phi) is 4.18. The first-order chi connectivity index (χ1) is 8.54. The molecule has 1 unspecified atom stereocenters. The van der Waals surface area contributed by atoms with Crippen molar-refractivity contribution in [2.45, 2.75) is 24.5 Å². The fraction of sp³-hybridized carbons (Fsp3) is 0.273. The highest BCUT2D eigenvalue weighted by atomic mass is 32.2. The van der Waals surface area contributed by atoms with Gasteiger partial charge in [-0.3, -0.25) is 0 Å². The number of sulfonamides is 1. The number of thiophene rings is 2. The Morgan fingerprint density at radius 3 is 2.72 bits per heavy atom. The minimum atomic E-state index is -3.58. The lowest BCUT2D eigenvalue weighted by Crippen LogP contribution is -2.26. The molecule has 2 N–H and O–H groups in total. The highest BCUT2D eigenvalue weighted by Gasteiger charge is 2.22. The molecular weight excluding hydrogens is 290 g/mol. The number of nitrogens with one attached hydrogen (secondary N) is 1. The van der Waals surface area contributed by atoms with Crippen LogP contribution in [0.4, 0.5) is 0 Å². The lowest BCUT2D eigenvalue weighted by molar-refractivity contribution is 0.282. The average molecular weight is 303 g/mol. The van der Waals surface area contributed by atoms with Crippen LogP contribution in [-0.2, 0) is 16.6 Å². The molecule has 2 rings (SSSR count). The highest BCUT2D eigenvalue weighted by molar-refractivity contribution is 7.89. The van der Waals surface area contributed by atoms with Crippen molar-refractivity contribution in [3.8, 4) is 0 Å². The van der Waals surface area contributed by atoms with Crippen LogP contribution >= 0.6 is 22.7 Å². The molecule has 0 saturated heterocycles. The van der Waals surface area contributed by atoms with Crippen LogP contribution in [0.25, 0.3) is 0 Å². The monoisotopic (exact) mass is 303 g/mol. The Morgan fingerprint density at radius 2 is 2.11 bits per heavy atom. The van der Waals surface area contributed by atoms with E-state index in [0.29, 0.717) is 4.88 Å². The zero-order valence-electron chi connectivity index (χ0n) is 9.66. The lowest BCUT2D eigenvalue weighted by atomic mass is 10.3. The van der Waals surface area contributed by atoms with Crippen LogP contribution < -0.4 is 4.72 Å². The third kappa shape index (κ3) is 2.81. The molecule has 0 aromatic carbocycles. The molecule has 0 bridgehead atoms. The summed E-state index contributed by atoms with van der Waals surface area (Å²) in [5.74, 6) is 0. The van der Waals surface area contributed by atoms with Crippen LogP contribution in [-0.4, -0.2) is 13.5 Å². The molecule has 0 spiro atoms. The topological polar surface area (TPSA) is 66.4 Å². The molecule has 2 heterocycles. The molecule has 0 saturated carbocycles.